The van der Waals surface area contributed by atoms with E-state index < -0.39 is 0 Å². The fourth-order valence-electron chi connectivity index (χ4n) is 9.81. The molecule has 4 heteroatoms. The van der Waals surface area contributed by atoms with Crippen LogP contribution in [0.1, 0.15) is 41.9 Å². The highest BCUT2D eigenvalue weighted by Crippen LogP contribution is 2.40. The Morgan fingerprint density at radius 1 is 0.435 bits per heavy atom. The van der Waals surface area contributed by atoms with Gasteiger partial charge in [0.05, 0.1) is 22.1 Å². The van der Waals surface area contributed by atoms with Crippen LogP contribution in [0.15, 0.2) is 218 Å². The summed E-state index contributed by atoms with van der Waals surface area (Å²) in [5, 5.41) is 12.9. The van der Waals surface area contributed by atoms with Crippen LogP contribution in [0.4, 0.5) is 0 Å². The number of nitrogens with one attached hydrogen (secondary N) is 2. The summed E-state index contributed by atoms with van der Waals surface area (Å²) < 4.78 is 4.86. The molecule has 4 nitrogen and oxygen atoms in total. The summed E-state index contributed by atoms with van der Waals surface area (Å²) in [6.07, 6.45) is 11.2. The SMILES string of the molecule is C1=CC(c2ccc(-c3cccc(C4=CC(n5c6ccccc6c6cc(-c7ccc8c(c7)c7ccccc7n8-c7ccccc7)ccc65)NC(c5ccccc5)N4)c3)cc2)=CCC1. The summed E-state index contributed by atoms with van der Waals surface area (Å²) in [5.41, 5.74) is 16.8. The van der Waals surface area contributed by atoms with Crippen molar-refractivity contribution in [1.82, 2.24) is 19.8 Å². The van der Waals surface area contributed by atoms with Gasteiger partial charge in [0.1, 0.15) is 12.3 Å². The third kappa shape index (κ3) is 6.27. The van der Waals surface area contributed by atoms with Gasteiger partial charge in [-0.25, -0.2) is 0 Å². The van der Waals surface area contributed by atoms with Crippen molar-refractivity contribution < 1.29 is 0 Å². The van der Waals surface area contributed by atoms with Crippen LogP contribution in [0.2, 0.25) is 0 Å². The van der Waals surface area contributed by atoms with E-state index in [2.05, 4.69) is 238 Å². The van der Waals surface area contributed by atoms with Gasteiger partial charge < -0.3 is 14.5 Å². The van der Waals surface area contributed by atoms with E-state index in [4.69, 9.17) is 0 Å². The lowest BCUT2D eigenvalue weighted by atomic mass is 9.96. The van der Waals surface area contributed by atoms with Crippen LogP contribution in [0.25, 0.3) is 82.8 Å². The average Bonchev–Trinajstić information content (AvgIpc) is 3.87. The topological polar surface area (TPSA) is 33.9 Å². The van der Waals surface area contributed by atoms with Gasteiger partial charge in [-0.15, -0.1) is 0 Å². The van der Waals surface area contributed by atoms with Crippen LogP contribution in [0, 0.1) is 0 Å². The van der Waals surface area contributed by atoms with E-state index in [1.165, 1.54) is 88.3 Å². The number of nitrogens with zero attached hydrogens (tertiary/aromatic N) is 2. The number of benzene rings is 8. The second kappa shape index (κ2) is 15.1. The average molecular weight is 797 g/mol. The van der Waals surface area contributed by atoms with E-state index in [1.807, 2.05) is 0 Å². The molecule has 2 N–H and O–H groups in total. The molecule has 0 radical (unpaired) electrons. The summed E-state index contributed by atoms with van der Waals surface area (Å²) >= 11 is 0. The van der Waals surface area contributed by atoms with Gasteiger partial charge in [-0.1, -0.05) is 158 Å². The Labute approximate surface area is 361 Å². The number of allylic oxidation sites excluding steroid dienone is 4. The highest BCUT2D eigenvalue weighted by molar-refractivity contribution is 6.12. The number of para-hydroxylation sites is 3. The highest BCUT2D eigenvalue weighted by atomic mass is 15.3. The standard InChI is InChI=1S/C58H44N4/c1-4-15-39(16-5-1)40-27-29-41(30-28-40)43-19-14-20-46(35-43)52-38-57(60-58(59-52)42-17-6-2-7-18-42)62-54-26-13-11-24-49(54)51-37-45(32-34-56(51)62)44-31-33-55-50(36-44)48-23-10-12-25-53(48)61(55)47-21-8-3-9-22-47/h2-4,6-38,57-60H,1,5H2. The van der Waals surface area contributed by atoms with E-state index in [-0.39, 0.29) is 12.3 Å². The normalized spacial score (nSPS) is 16.5. The van der Waals surface area contributed by atoms with Gasteiger partial charge in [-0.05, 0) is 118 Å². The predicted molar refractivity (Wildman–Crippen MR) is 260 cm³/mol. The summed E-state index contributed by atoms with van der Waals surface area (Å²) in [5.74, 6) is 0. The second-order valence-corrected chi connectivity index (χ2v) is 16.5. The van der Waals surface area contributed by atoms with Crippen molar-refractivity contribution >= 4 is 54.9 Å². The third-order valence-corrected chi connectivity index (χ3v) is 12.8. The summed E-state index contributed by atoms with van der Waals surface area (Å²) in [6.45, 7) is 0. The molecule has 8 aromatic carbocycles. The summed E-state index contributed by atoms with van der Waals surface area (Å²) in [6, 6.07) is 70.9. The Bertz CT molecular complexity index is 3400. The molecule has 0 spiro atoms. The molecular formula is C58H44N4. The zero-order chi connectivity index (χ0) is 41.0. The van der Waals surface area contributed by atoms with Gasteiger partial charge in [0.2, 0.25) is 0 Å². The maximum atomic E-state index is 4.00. The van der Waals surface area contributed by atoms with Crippen LogP contribution in [-0.4, -0.2) is 9.13 Å². The van der Waals surface area contributed by atoms with Crippen molar-refractivity contribution in [2.45, 2.75) is 25.2 Å². The molecule has 1 aliphatic carbocycles. The van der Waals surface area contributed by atoms with Gasteiger partial charge in [0.25, 0.3) is 0 Å². The molecule has 0 fully saturated rings. The molecule has 0 amide bonds. The molecule has 0 saturated carbocycles. The number of rotatable bonds is 7. The molecule has 2 atom stereocenters. The third-order valence-electron chi connectivity index (χ3n) is 12.8. The Hall–Kier alpha value is -7.66. The van der Waals surface area contributed by atoms with Crippen molar-refractivity contribution in [2.75, 3.05) is 0 Å². The molecule has 2 aliphatic rings. The first-order chi connectivity index (χ1) is 30.7. The summed E-state index contributed by atoms with van der Waals surface area (Å²) in [7, 11) is 0. The quantitative estimate of drug-likeness (QED) is 0.168. The molecule has 2 aromatic heterocycles. The van der Waals surface area contributed by atoms with Crippen LogP contribution >= 0.6 is 0 Å². The predicted octanol–water partition coefficient (Wildman–Crippen LogP) is 14.4. The van der Waals surface area contributed by atoms with Crippen molar-refractivity contribution in [3.8, 4) is 27.9 Å². The minimum absolute atomic E-state index is 0.110. The van der Waals surface area contributed by atoms with E-state index >= 15 is 0 Å². The highest BCUT2D eigenvalue weighted by Gasteiger charge is 2.27. The van der Waals surface area contributed by atoms with Crippen LogP contribution in [0.3, 0.4) is 0 Å². The Morgan fingerprint density at radius 2 is 1.02 bits per heavy atom. The molecule has 296 valence electrons. The van der Waals surface area contributed by atoms with E-state index in [9.17, 15) is 0 Å². The smallest absolute Gasteiger partial charge is 0.108 e. The fourth-order valence-corrected chi connectivity index (χ4v) is 9.81. The minimum Gasteiger partial charge on any atom is -0.366 e. The molecule has 62 heavy (non-hydrogen) atoms. The maximum Gasteiger partial charge on any atom is 0.108 e. The number of fused-ring (bicyclic) bond motifs is 6. The van der Waals surface area contributed by atoms with E-state index in [0.29, 0.717) is 0 Å². The Kier molecular flexibility index (Phi) is 8.83. The van der Waals surface area contributed by atoms with Gasteiger partial charge in [0, 0.05) is 32.9 Å². The Morgan fingerprint density at radius 3 is 1.77 bits per heavy atom. The van der Waals surface area contributed by atoms with Gasteiger partial charge in [-0.2, -0.15) is 0 Å². The number of hydrogen-bond donors (Lipinski definition) is 2. The van der Waals surface area contributed by atoms with Crippen LogP contribution in [-0.2, 0) is 0 Å². The molecule has 12 rings (SSSR count). The van der Waals surface area contributed by atoms with Gasteiger partial charge in [-0.3, -0.25) is 5.32 Å². The first-order valence-electron chi connectivity index (χ1n) is 21.7. The lowest BCUT2D eigenvalue weighted by molar-refractivity contribution is 0.383. The minimum atomic E-state index is -0.134. The van der Waals surface area contributed by atoms with Crippen molar-refractivity contribution in [1.29, 1.82) is 0 Å². The van der Waals surface area contributed by atoms with Crippen molar-refractivity contribution in [3.05, 3.63) is 235 Å². The number of aromatic nitrogens is 2. The Balaban J connectivity index is 0.957. The summed E-state index contributed by atoms with van der Waals surface area (Å²) in [4.78, 5) is 0. The maximum absolute atomic E-state index is 4.00. The molecule has 0 bridgehead atoms. The van der Waals surface area contributed by atoms with E-state index in [1.54, 1.807) is 0 Å². The molecule has 1 aliphatic heterocycles. The molecular weight excluding hydrogens is 753 g/mol. The zero-order valence-corrected chi connectivity index (χ0v) is 34.2. The van der Waals surface area contributed by atoms with E-state index in [0.717, 1.165) is 24.1 Å². The zero-order valence-electron chi connectivity index (χ0n) is 34.2. The fraction of sp³-hybridized carbons (Fsp3) is 0.0690. The largest absolute Gasteiger partial charge is 0.366 e. The molecule has 10 aromatic rings. The van der Waals surface area contributed by atoms with Crippen LogP contribution < -0.4 is 10.6 Å². The lowest BCUT2D eigenvalue weighted by Crippen LogP contribution is -2.41. The molecule has 3 heterocycles. The van der Waals surface area contributed by atoms with Crippen molar-refractivity contribution in [2.24, 2.45) is 0 Å². The van der Waals surface area contributed by atoms with Crippen LogP contribution in [0.5, 0.6) is 0 Å². The molecule has 2 unspecified atom stereocenters. The lowest BCUT2D eigenvalue weighted by Gasteiger charge is -2.34. The van der Waals surface area contributed by atoms with Gasteiger partial charge in [0.15, 0.2) is 0 Å². The number of hydrogen-bond acceptors (Lipinski definition) is 2. The first-order valence-corrected chi connectivity index (χ1v) is 21.7. The molecule has 0 saturated heterocycles. The second-order valence-electron chi connectivity index (χ2n) is 16.5. The van der Waals surface area contributed by atoms with Crippen molar-refractivity contribution in [3.63, 3.8) is 0 Å². The first kappa shape index (κ1) is 36.2. The monoisotopic (exact) mass is 796 g/mol. The van der Waals surface area contributed by atoms with Gasteiger partial charge >= 0.3 is 0 Å².